The highest BCUT2D eigenvalue weighted by molar-refractivity contribution is 5.89. The number of hydrogen-bond acceptors (Lipinski definition) is 6. The number of benzene rings is 2. The third-order valence-electron chi connectivity index (χ3n) is 4.86. The normalized spacial score (nSPS) is 16.9. The number of hydrogen-bond donors (Lipinski definition) is 4. The Kier molecular flexibility index (Phi) is 8.23. The highest BCUT2D eigenvalue weighted by Crippen LogP contribution is 2.28. The highest BCUT2D eigenvalue weighted by atomic mass is 16.6. The molecule has 4 N–H and O–H groups in total. The van der Waals surface area contributed by atoms with Gasteiger partial charge >= 0.3 is 12.1 Å². The number of carbonyl (C=O) groups excluding carboxylic acids is 3. The number of amides is 3. The molecule has 1 saturated heterocycles. The van der Waals surface area contributed by atoms with Crippen LogP contribution in [0.2, 0.25) is 0 Å². The van der Waals surface area contributed by atoms with Crippen molar-refractivity contribution >= 4 is 23.9 Å². The fourth-order valence-corrected chi connectivity index (χ4v) is 3.18. The van der Waals surface area contributed by atoms with E-state index in [0.717, 1.165) is 5.56 Å². The largest absolute Gasteiger partial charge is 0.489 e. The van der Waals surface area contributed by atoms with Gasteiger partial charge < -0.3 is 30.5 Å². The summed E-state index contributed by atoms with van der Waals surface area (Å²) < 4.78 is 11.0. The van der Waals surface area contributed by atoms with Crippen LogP contribution in [-0.4, -0.2) is 48.1 Å². The third kappa shape index (κ3) is 7.23. The molecule has 33 heavy (non-hydrogen) atoms. The fraction of sp³-hybridized carbons (Fsp3) is 0.304. The molecule has 1 aliphatic rings. The lowest BCUT2D eigenvalue weighted by Gasteiger charge is -2.17. The predicted molar refractivity (Wildman–Crippen MR) is 116 cm³/mol. The Bertz CT molecular complexity index is 979. The van der Waals surface area contributed by atoms with E-state index in [9.17, 15) is 19.2 Å². The lowest BCUT2D eigenvalue weighted by atomic mass is 10.0. The summed E-state index contributed by atoms with van der Waals surface area (Å²) in [6.45, 7) is 0.458. The van der Waals surface area contributed by atoms with Crippen LogP contribution in [0.15, 0.2) is 54.6 Å². The standard InChI is InChI=1S/C23H25N3O7/c27-18(24-13-11-19(28)29)10-12-25-22(30)20-21(33-23(31)26-20)16-6-8-17(9-7-16)32-14-15-4-2-1-3-5-15/h1-9,20-21H,10-14H2,(H,24,27)(H,25,30)(H,26,31)(H,28,29)/t20-,21+/m0/s1. The van der Waals surface area contributed by atoms with Gasteiger partial charge in [-0.1, -0.05) is 42.5 Å². The molecule has 0 bridgehead atoms. The molecule has 1 fully saturated rings. The van der Waals surface area contributed by atoms with Crippen molar-refractivity contribution < 1.29 is 33.8 Å². The average molecular weight is 455 g/mol. The maximum Gasteiger partial charge on any atom is 0.408 e. The number of cyclic esters (lactones) is 1. The Hall–Kier alpha value is -4.08. The predicted octanol–water partition coefficient (Wildman–Crippen LogP) is 1.51. The van der Waals surface area contributed by atoms with Crippen LogP contribution < -0.4 is 20.7 Å². The van der Waals surface area contributed by atoms with E-state index in [-0.39, 0.29) is 31.8 Å². The second-order valence-electron chi connectivity index (χ2n) is 7.33. The SMILES string of the molecule is O=C(O)CCNC(=O)CCNC(=O)[C@H]1NC(=O)O[C@@H]1c1ccc(OCc2ccccc2)cc1. The summed E-state index contributed by atoms with van der Waals surface area (Å²) in [6, 6.07) is 15.7. The van der Waals surface area contributed by atoms with Crippen molar-refractivity contribution in [1.82, 2.24) is 16.0 Å². The summed E-state index contributed by atoms with van der Waals surface area (Å²) in [7, 11) is 0. The fourth-order valence-electron chi connectivity index (χ4n) is 3.18. The summed E-state index contributed by atoms with van der Waals surface area (Å²) in [5, 5.41) is 16.1. The molecule has 0 spiro atoms. The van der Waals surface area contributed by atoms with Gasteiger partial charge in [0.25, 0.3) is 0 Å². The summed E-state index contributed by atoms with van der Waals surface area (Å²) in [4.78, 5) is 46.5. The smallest absolute Gasteiger partial charge is 0.408 e. The molecule has 2 atom stereocenters. The van der Waals surface area contributed by atoms with Crippen molar-refractivity contribution in [2.75, 3.05) is 13.1 Å². The Morgan fingerprint density at radius 1 is 0.970 bits per heavy atom. The molecule has 10 nitrogen and oxygen atoms in total. The minimum atomic E-state index is -1.01. The first-order valence-corrected chi connectivity index (χ1v) is 10.4. The highest BCUT2D eigenvalue weighted by Gasteiger charge is 2.40. The van der Waals surface area contributed by atoms with Crippen LogP contribution in [-0.2, 0) is 25.7 Å². The van der Waals surface area contributed by atoms with Gasteiger partial charge in [0.2, 0.25) is 11.8 Å². The zero-order chi connectivity index (χ0) is 23.6. The number of rotatable bonds is 11. The van der Waals surface area contributed by atoms with Gasteiger partial charge in [0.05, 0.1) is 6.42 Å². The molecule has 0 unspecified atom stereocenters. The summed E-state index contributed by atoms with van der Waals surface area (Å²) in [6.07, 6.45) is -1.74. The Labute approximate surface area is 190 Å². The first-order valence-electron chi connectivity index (χ1n) is 10.4. The molecule has 174 valence electrons. The van der Waals surface area contributed by atoms with Crippen LogP contribution in [0.4, 0.5) is 4.79 Å². The maximum atomic E-state index is 12.5. The molecule has 10 heteroatoms. The first kappa shape index (κ1) is 23.6. The van der Waals surface area contributed by atoms with Gasteiger partial charge in [0.1, 0.15) is 12.4 Å². The second-order valence-corrected chi connectivity index (χ2v) is 7.33. The van der Waals surface area contributed by atoms with Crippen LogP contribution in [0, 0.1) is 0 Å². The molecule has 0 radical (unpaired) electrons. The Balaban J connectivity index is 1.50. The van der Waals surface area contributed by atoms with Crippen molar-refractivity contribution in [3.05, 3.63) is 65.7 Å². The molecular weight excluding hydrogens is 430 g/mol. The van der Waals surface area contributed by atoms with Crippen molar-refractivity contribution in [3.63, 3.8) is 0 Å². The van der Waals surface area contributed by atoms with Crippen molar-refractivity contribution in [2.24, 2.45) is 0 Å². The van der Waals surface area contributed by atoms with Crippen LogP contribution in [0.25, 0.3) is 0 Å². The van der Waals surface area contributed by atoms with E-state index in [1.807, 2.05) is 30.3 Å². The second kappa shape index (κ2) is 11.5. The lowest BCUT2D eigenvalue weighted by Crippen LogP contribution is -2.44. The van der Waals surface area contributed by atoms with E-state index in [0.29, 0.717) is 17.9 Å². The maximum absolute atomic E-state index is 12.5. The van der Waals surface area contributed by atoms with Crippen LogP contribution in [0.5, 0.6) is 5.75 Å². The van der Waals surface area contributed by atoms with E-state index < -0.39 is 30.1 Å². The molecular formula is C23H25N3O7. The van der Waals surface area contributed by atoms with Gasteiger partial charge in [0, 0.05) is 19.5 Å². The first-order chi connectivity index (χ1) is 15.9. The number of aliphatic carboxylic acids is 1. The molecule has 1 aliphatic heterocycles. The molecule has 2 aromatic carbocycles. The summed E-state index contributed by atoms with van der Waals surface area (Å²) >= 11 is 0. The van der Waals surface area contributed by atoms with Crippen LogP contribution >= 0.6 is 0 Å². The van der Waals surface area contributed by atoms with Gasteiger partial charge in [-0.05, 0) is 23.3 Å². The van der Waals surface area contributed by atoms with E-state index in [4.69, 9.17) is 14.6 Å². The lowest BCUT2D eigenvalue weighted by molar-refractivity contribution is -0.137. The molecule has 0 aromatic heterocycles. The van der Waals surface area contributed by atoms with Gasteiger partial charge in [-0.3, -0.25) is 14.4 Å². The van der Waals surface area contributed by atoms with Crippen molar-refractivity contribution in [3.8, 4) is 5.75 Å². The Morgan fingerprint density at radius 3 is 2.36 bits per heavy atom. The zero-order valence-corrected chi connectivity index (χ0v) is 17.8. The van der Waals surface area contributed by atoms with E-state index >= 15 is 0 Å². The molecule has 0 aliphatic carbocycles. The van der Waals surface area contributed by atoms with E-state index in [1.54, 1.807) is 24.3 Å². The summed E-state index contributed by atoms with van der Waals surface area (Å²) in [5.41, 5.74) is 1.65. The van der Waals surface area contributed by atoms with Gasteiger partial charge in [-0.25, -0.2) is 4.79 Å². The number of ether oxygens (including phenoxy) is 2. The monoisotopic (exact) mass is 455 g/mol. The Morgan fingerprint density at radius 2 is 1.67 bits per heavy atom. The minimum Gasteiger partial charge on any atom is -0.489 e. The van der Waals surface area contributed by atoms with Gasteiger partial charge in [-0.15, -0.1) is 0 Å². The van der Waals surface area contributed by atoms with Crippen molar-refractivity contribution in [2.45, 2.75) is 31.6 Å². The quantitative estimate of drug-likeness (QED) is 0.402. The molecule has 3 rings (SSSR count). The number of nitrogens with one attached hydrogen (secondary N) is 3. The number of carboxylic acids is 1. The third-order valence-corrected chi connectivity index (χ3v) is 4.86. The van der Waals surface area contributed by atoms with Crippen LogP contribution in [0.3, 0.4) is 0 Å². The van der Waals surface area contributed by atoms with Gasteiger partial charge in [-0.2, -0.15) is 0 Å². The van der Waals surface area contributed by atoms with Gasteiger partial charge in [0.15, 0.2) is 12.1 Å². The zero-order valence-electron chi connectivity index (χ0n) is 17.8. The topological polar surface area (TPSA) is 143 Å². The van der Waals surface area contributed by atoms with Crippen LogP contribution in [0.1, 0.15) is 30.1 Å². The van der Waals surface area contributed by atoms with Crippen molar-refractivity contribution in [1.29, 1.82) is 0 Å². The number of carboxylic acid groups (broad SMARTS) is 1. The van der Waals surface area contributed by atoms with E-state index in [1.165, 1.54) is 0 Å². The molecule has 3 amide bonds. The molecule has 0 saturated carbocycles. The summed E-state index contributed by atoms with van der Waals surface area (Å²) in [5.74, 6) is -1.25. The molecule has 1 heterocycles. The number of alkyl carbamates (subject to hydrolysis) is 1. The minimum absolute atomic E-state index is 0.0156. The van der Waals surface area contributed by atoms with E-state index in [2.05, 4.69) is 16.0 Å². The number of carbonyl (C=O) groups is 4. The molecule has 2 aromatic rings. The average Bonchev–Trinajstić information content (AvgIpc) is 3.20.